The van der Waals surface area contributed by atoms with Crippen LogP contribution in [0, 0.1) is 5.92 Å². The Morgan fingerprint density at radius 3 is 2.86 bits per heavy atom. The van der Waals surface area contributed by atoms with Crippen molar-refractivity contribution in [3.05, 3.63) is 29.8 Å². The van der Waals surface area contributed by atoms with Gasteiger partial charge in [0.2, 0.25) is 5.91 Å². The van der Waals surface area contributed by atoms with Crippen LogP contribution >= 0.6 is 11.8 Å². The third-order valence-electron chi connectivity index (χ3n) is 3.73. The number of benzene rings is 1. The maximum absolute atomic E-state index is 12.1. The summed E-state index contributed by atoms with van der Waals surface area (Å²) in [7, 11) is 0. The van der Waals surface area contributed by atoms with Crippen molar-refractivity contribution in [1.82, 2.24) is 5.32 Å². The molecule has 4 nitrogen and oxygen atoms in total. The molecule has 0 radical (unpaired) electrons. The van der Waals surface area contributed by atoms with Crippen molar-refractivity contribution in [2.75, 3.05) is 6.54 Å². The number of rotatable bonds is 7. The Morgan fingerprint density at radius 2 is 2.14 bits per heavy atom. The molecule has 0 saturated carbocycles. The number of hydrogen-bond acceptors (Lipinski definition) is 3. The van der Waals surface area contributed by atoms with E-state index in [1.165, 1.54) is 10.5 Å². The molecule has 2 unspecified atom stereocenters. The predicted octanol–water partition coefficient (Wildman–Crippen LogP) is 2.71. The first-order chi connectivity index (χ1) is 10.1. The molecule has 1 amide bonds. The van der Waals surface area contributed by atoms with Gasteiger partial charge in [-0.1, -0.05) is 25.1 Å². The number of fused-ring (bicyclic) bond motifs is 1. The van der Waals surface area contributed by atoms with E-state index in [-0.39, 0.29) is 17.6 Å². The van der Waals surface area contributed by atoms with Crippen LogP contribution in [0.3, 0.4) is 0 Å². The van der Waals surface area contributed by atoms with Gasteiger partial charge in [0.1, 0.15) is 0 Å². The van der Waals surface area contributed by atoms with Gasteiger partial charge in [0.05, 0.1) is 5.25 Å². The second kappa shape index (κ2) is 7.50. The van der Waals surface area contributed by atoms with Gasteiger partial charge in [0.15, 0.2) is 0 Å². The van der Waals surface area contributed by atoms with E-state index in [4.69, 9.17) is 5.11 Å². The summed E-state index contributed by atoms with van der Waals surface area (Å²) in [6.07, 6.45) is 2.47. The molecule has 1 aromatic carbocycles. The van der Waals surface area contributed by atoms with Gasteiger partial charge in [-0.15, -0.1) is 11.8 Å². The van der Waals surface area contributed by atoms with Crippen LogP contribution in [0.5, 0.6) is 0 Å². The van der Waals surface area contributed by atoms with Gasteiger partial charge in [0.25, 0.3) is 0 Å². The fraction of sp³-hybridized carbons (Fsp3) is 0.500. The number of nitrogens with one attached hydrogen (secondary N) is 1. The van der Waals surface area contributed by atoms with Gasteiger partial charge in [-0.25, -0.2) is 0 Å². The van der Waals surface area contributed by atoms with Crippen molar-refractivity contribution >= 4 is 23.6 Å². The fourth-order valence-electron chi connectivity index (χ4n) is 2.40. The van der Waals surface area contributed by atoms with Crippen molar-refractivity contribution in [2.45, 2.75) is 42.8 Å². The molecule has 21 heavy (non-hydrogen) atoms. The maximum Gasteiger partial charge on any atom is 0.303 e. The third-order valence-corrected chi connectivity index (χ3v) is 5.04. The molecule has 5 heteroatoms. The maximum atomic E-state index is 12.1. The number of thioether (sulfide) groups is 1. The highest BCUT2D eigenvalue weighted by atomic mass is 32.2. The van der Waals surface area contributed by atoms with E-state index < -0.39 is 5.97 Å². The Hall–Kier alpha value is -1.49. The highest BCUT2D eigenvalue weighted by molar-refractivity contribution is 8.01. The monoisotopic (exact) mass is 307 g/mol. The fourth-order valence-corrected chi connectivity index (χ4v) is 3.62. The highest BCUT2D eigenvalue weighted by Gasteiger charge is 2.27. The van der Waals surface area contributed by atoms with Crippen LogP contribution in [0.1, 0.15) is 31.7 Å². The average Bonchev–Trinajstić information content (AvgIpc) is 2.89. The lowest BCUT2D eigenvalue weighted by molar-refractivity contribution is -0.137. The van der Waals surface area contributed by atoms with Gasteiger partial charge in [0, 0.05) is 17.9 Å². The second-order valence-corrected chi connectivity index (χ2v) is 6.78. The first-order valence-electron chi connectivity index (χ1n) is 7.30. The third kappa shape index (κ3) is 4.77. The molecule has 2 rings (SSSR count). The van der Waals surface area contributed by atoms with Gasteiger partial charge in [-0.2, -0.15) is 0 Å². The zero-order valence-electron chi connectivity index (χ0n) is 12.2. The summed E-state index contributed by atoms with van der Waals surface area (Å²) in [5, 5.41) is 11.6. The molecule has 1 heterocycles. The smallest absolute Gasteiger partial charge is 0.303 e. The summed E-state index contributed by atoms with van der Waals surface area (Å²) in [5.41, 5.74) is 1.25. The molecule has 2 N–H and O–H groups in total. The lowest BCUT2D eigenvalue weighted by atomic mass is 10.0. The van der Waals surface area contributed by atoms with E-state index in [0.29, 0.717) is 18.9 Å². The van der Waals surface area contributed by atoms with E-state index in [2.05, 4.69) is 17.4 Å². The van der Waals surface area contributed by atoms with Crippen LogP contribution in [0.25, 0.3) is 0 Å². The number of carbonyl (C=O) groups is 2. The lowest BCUT2D eigenvalue weighted by Crippen LogP contribution is -2.33. The van der Waals surface area contributed by atoms with Gasteiger partial charge in [-0.3, -0.25) is 9.59 Å². The summed E-state index contributed by atoms with van der Waals surface area (Å²) in [6.45, 7) is 2.64. The molecular weight excluding hydrogens is 286 g/mol. The summed E-state index contributed by atoms with van der Waals surface area (Å²) in [6, 6.07) is 8.13. The van der Waals surface area contributed by atoms with Crippen LogP contribution in [0.4, 0.5) is 0 Å². The molecule has 0 aliphatic carbocycles. The minimum Gasteiger partial charge on any atom is -0.481 e. The molecule has 0 fully saturated rings. The first-order valence-corrected chi connectivity index (χ1v) is 8.18. The number of carboxylic acid groups (broad SMARTS) is 1. The second-order valence-electron chi connectivity index (χ2n) is 5.54. The number of hydrogen-bond donors (Lipinski definition) is 2. The summed E-state index contributed by atoms with van der Waals surface area (Å²) >= 11 is 1.63. The van der Waals surface area contributed by atoms with Crippen molar-refractivity contribution in [1.29, 1.82) is 0 Å². The van der Waals surface area contributed by atoms with Gasteiger partial charge in [-0.05, 0) is 36.8 Å². The number of aliphatic carboxylic acids is 1. The predicted molar refractivity (Wildman–Crippen MR) is 83.5 cm³/mol. The standard InChI is InChI=1S/C16H21NO3S/c1-11(6-7-15(18)19)8-9-17-16(20)14-10-12-4-2-3-5-13(12)21-14/h2-5,11,14H,6-10H2,1H3,(H,17,20)(H,18,19). The van der Waals surface area contributed by atoms with E-state index >= 15 is 0 Å². The Morgan fingerprint density at radius 1 is 1.38 bits per heavy atom. The summed E-state index contributed by atoms with van der Waals surface area (Å²) in [5.74, 6) is -0.359. The molecule has 0 spiro atoms. The minimum absolute atomic E-state index is 0.0308. The van der Waals surface area contributed by atoms with E-state index in [1.54, 1.807) is 11.8 Å². The van der Waals surface area contributed by atoms with Gasteiger partial charge < -0.3 is 10.4 Å². The van der Waals surface area contributed by atoms with Crippen molar-refractivity contribution < 1.29 is 14.7 Å². The summed E-state index contributed by atoms with van der Waals surface area (Å²) in [4.78, 5) is 23.8. The van der Waals surface area contributed by atoms with E-state index in [9.17, 15) is 9.59 Å². The van der Waals surface area contributed by atoms with Crippen LogP contribution in [0.15, 0.2) is 29.2 Å². The van der Waals surface area contributed by atoms with E-state index in [0.717, 1.165) is 12.8 Å². The van der Waals surface area contributed by atoms with Crippen molar-refractivity contribution in [2.24, 2.45) is 5.92 Å². The van der Waals surface area contributed by atoms with Crippen LogP contribution in [-0.2, 0) is 16.0 Å². The van der Waals surface area contributed by atoms with Crippen LogP contribution in [-0.4, -0.2) is 28.8 Å². The Bertz CT molecular complexity index is 493. The molecule has 1 aliphatic heterocycles. The summed E-state index contributed by atoms with van der Waals surface area (Å²) < 4.78 is 0. The number of carbonyl (C=O) groups excluding carboxylic acids is 1. The zero-order valence-corrected chi connectivity index (χ0v) is 13.0. The van der Waals surface area contributed by atoms with E-state index in [1.807, 2.05) is 19.1 Å². The lowest BCUT2D eigenvalue weighted by Gasteiger charge is -2.13. The molecule has 0 bridgehead atoms. The van der Waals surface area contributed by atoms with Crippen LogP contribution in [0.2, 0.25) is 0 Å². The van der Waals surface area contributed by atoms with Crippen molar-refractivity contribution in [3.8, 4) is 0 Å². The Kier molecular flexibility index (Phi) is 5.67. The Balaban J connectivity index is 1.68. The first kappa shape index (κ1) is 15.9. The van der Waals surface area contributed by atoms with Gasteiger partial charge >= 0.3 is 5.97 Å². The average molecular weight is 307 g/mol. The quantitative estimate of drug-likeness (QED) is 0.813. The van der Waals surface area contributed by atoms with Crippen LogP contribution < -0.4 is 5.32 Å². The molecule has 0 aromatic heterocycles. The molecular formula is C16H21NO3S. The minimum atomic E-state index is -0.758. The highest BCUT2D eigenvalue weighted by Crippen LogP contribution is 2.36. The number of carboxylic acids is 1. The zero-order chi connectivity index (χ0) is 15.2. The van der Waals surface area contributed by atoms with Crippen molar-refractivity contribution in [3.63, 3.8) is 0 Å². The molecule has 1 aromatic rings. The number of amides is 1. The topological polar surface area (TPSA) is 66.4 Å². The molecule has 114 valence electrons. The Labute approximate surface area is 129 Å². The molecule has 0 saturated heterocycles. The molecule has 2 atom stereocenters. The normalized spacial score (nSPS) is 18.0. The largest absolute Gasteiger partial charge is 0.481 e. The SMILES string of the molecule is CC(CCNC(=O)C1Cc2ccccc2S1)CCC(=O)O. The molecule has 1 aliphatic rings.